The van der Waals surface area contributed by atoms with Gasteiger partial charge in [0, 0.05) is 19.1 Å². The summed E-state index contributed by atoms with van der Waals surface area (Å²) in [6, 6.07) is 5.58. The van der Waals surface area contributed by atoms with Crippen molar-refractivity contribution in [3.63, 3.8) is 0 Å². The quantitative estimate of drug-likeness (QED) is 0.780. The van der Waals surface area contributed by atoms with Crippen molar-refractivity contribution < 1.29 is 19.1 Å². The molecular formula is C18H25ClN2O4. The minimum Gasteiger partial charge on any atom is -0.493 e. The van der Waals surface area contributed by atoms with E-state index in [1.54, 1.807) is 27.2 Å². The number of hydrogen-bond acceptors (Lipinski definition) is 4. The van der Waals surface area contributed by atoms with Gasteiger partial charge in [0.1, 0.15) is 5.38 Å². The molecule has 0 radical (unpaired) electrons. The minimum atomic E-state index is -0.537. The zero-order valence-electron chi connectivity index (χ0n) is 14.9. The summed E-state index contributed by atoms with van der Waals surface area (Å²) < 4.78 is 10.5. The van der Waals surface area contributed by atoms with Gasteiger partial charge in [-0.2, -0.15) is 0 Å². The third kappa shape index (κ3) is 5.26. The van der Waals surface area contributed by atoms with E-state index in [0.717, 1.165) is 18.4 Å². The lowest BCUT2D eigenvalue weighted by molar-refractivity contribution is -0.131. The average molecular weight is 369 g/mol. The van der Waals surface area contributed by atoms with Crippen molar-refractivity contribution in [1.82, 2.24) is 10.2 Å². The van der Waals surface area contributed by atoms with Gasteiger partial charge in [-0.15, -0.1) is 11.6 Å². The Bertz CT molecular complexity index is 613. The van der Waals surface area contributed by atoms with Gasteiger partial charge >= 0.3 is 0 Å². The smallest absolute Gasteiger partial charge is 0.237 e. The second-order valence-corrected chi connectivity index (χ2v) is 6.80. The first-order valence-electron chi connectivity index (χ1n) is 8.37. The summed E-state index contributed by atoms with van der Waals surface area (Å²) in [5.74, 6) is 1.17. The normalized spacial score (nSPS) is 16.2. The number of benzene rings is 1. The van der Waals surface area contributed by atoms with Crippen molar-refractivity contribution in [2.24, 2.45) is 0 Å². The van der Waals surface area contributed by atoms with Gasteiger partial charge in [0.05, 0.1) is 20.6 Å². The molecule has 7 heteroatoms. The molecule has 0 bridgehead atoms. The van der Waals surface area contributed by atoms with Crippen LogP contribution >= 0.6 is 11.6 Å². The Kier molecular flexibility index (Phi) is 6.93. The first-order valence-corrected chi connectivity index (χ1v) is 8.81. The van der Waals surface area contributed by atoms with E-state index in [4.69, 9.17) is 21.1 Å². The van der Waals surface area contributed by atoms with Gasteiger partial charge in [0.2, 0.25) is 11.8 Å². The van der Waals surface area contributed by atoms with Crippen LogP contribution in [0, 0.1) is 0 Å². The standard InChI is InChI=1S/C18H25ClN2O4/c1-12(19)18(23)20-14-6-8-21(9-7-14)17(22)11-13-4-5-15(24-2)16(10-13)25-3/h4-5,10,12,14H,6-9,11H2,1-3H3,(H,20,23). The molecule has 1 unspecified atom stereocenters. The molecule has 1 N–H and O–H groups in total. The molecular weight excluding hydrogens is 344 g/mol. The average Bonchev–Trinajstić information content (AvgIpc) is 2.62. The highest BCUT2D eigenvalue weighted by atomic mass is 35.5. The Balaban J connectivity index is 1.87. The molecule has 0 aliphatic carbocycles. The number of carbonyl (C=O) groups is 2. The van der Waals surface area contributed by atoms with Crippen LogP contribution in [0.25, 0.3) is 0 Å². The molecule has 1 saturated heterocycles. The van der Waals surface area contributed by atoms with Crippen LogP contribution in [0.1, 0.15) is 25.3 Å². The molecule has 6 nitrogen and oxygen atoms in total. The Morgan fingerprint density at radius 1 is 1.24 bits per heavy atom. The van der Waals surface area contributed by atoms with Crippen molar-refractivity contribution in [1.29, 1.82) is 0 Å². The molecule has 1 aliphatic rings. The van der Waals surface area contributed by atoms with Crippen LogP contribution in [0.2, 0.25) is 0 Å². The van der Waals surface area contributed by atoms with Gasteiger partial charge in [-0.1, -0.05) is 6.07 Å². The van der Waals surface area contributed by atoms with Crippen molar-refractivity contribution in [2.75, 3.05) is 27.3 Å². The largest absolute Gasteiger partial charge is 0.493 e. The lowest BCUT2D eigenvalue weighted by Gasteiger charge is -2.32. The fourth-order valence-electron chi connectivity index (χ4n) is 2.87. The van der Waals surface area contributed by atoms with Gasteiger partial charge in [0.25, 0.3) is 0 Å². The molecule has 138 valence electrons. The van der Waals surface area contributed by atoms with Crippen molar-refractivity contribution in [3.8, 4) is 11.5 Å². The van der Waals surface area contributed by atoms with Gasteiger partial charge in [-0.3, -0.25) is 9.59 Å². The number of methoxy groups -OCH3 is 2. The molecule has 0 spiro atoms. The van der Waals surface area contributed by atoms with Crippen molar-refractivity contribution in [2.45, 2.75) is 37.6 Å². The van der Waals surface area contributed by atoms with Gasteiger partial charge in [-0.05, 0) is 37.5 Å². The van der Waals surface area contributed by atoms with Crippen LogP contribution in [0.15, 0.2) is 18.2 Å². The summed E-state index contributed by atoms with van der Waals surface area (Å²) in [5.41, 5.74) is 0.883. The maximum atomic E-state index is 12.5. The highest BCUT2D eigenvalue weighted by Crippen LogP contribution is 2.28. The van der Waals surface area contributed by atoms with Crippen LogP contribution in [0.3, 0.4) is 0 Å². The Morgan fingerprint density at radius 3 is 2.44 bits per heavy atom. The summed E-state index contributed by atoms with van der Waals surface area (Å²) in [6.07, 6.45) is 1.80. The van der Waals surface area contributed by atoms with Gasteiger partial charge in [-0.25, -0.2) is 0 Å². The second kappa shape index (κ2) is 8.94. The number of halogens is 1. The number of piperidine rings is 1. The van der Waals surface area contributed by atoms with Gasteiger partial charge in [0.15, 0.2) is 11.5 Å². The number of alkyl halides is 1. The second-order valence-electron chi connectivity index (χ2n) is 6.15. The fraction of sp³-hybridized carbons (Fsp3) is 0.556. The Hall–Kier alpha value is -1.95. The third-order valence-corrected chi connectivity index (χ3v) is 4.56. The number of ether oxygens (including phenoxy) is 2. The van der Waals surface area contributed by atoms with Crippen LogP contribution in [0.5, 0.6) is 11.5 Å². The summed E-state index contributed by atoms with van der Waals surface area (Å²) in [7, 11) is 3.15. The van der Waals surface area contributed by atoms with E-state index in [0.29, 0.717) is 31.0 Å². The van der Waals surface area contributed by atoms with Crippen LogP contribution < -0.4 is 14.8 Å². The van der Waals surface area contributed by atoms with Crippen LogP contribution in [-0.2, 0) is 16.0 Å². The number of rotatable bonds is 6. The lowest BCUT2D eigenvalue weighted by atomic mass is 10.0. The highest BCUT2D eigenvalue weighted by molar-refractivity contribution is 6.30. The molecule has 1 aromatic rings. The van der Waals surface area contributed by atoms with E-state index in [1.165, 1.54) is 0 Å². The predicted molar refractivity (Wildman–Crippen MR) is 96.3 cm³/mol. The van der Waals surface area contributed by atoms with Crippen molar-refractivity contribution >= 4 is 23.4 Å². The molecule has 1 aliphatic heterocycles. The van der Waals surface area contributed by atoms with Crippen LogP contribution in [-0.4, -0.2) is 55.4 Å². The number of carbonyl (C=O) groups excluding carboxylic acids is 2. The molecule has 1 aromatic carbocycles. The Morgan fingerprint density at radius 2 is 1.88 bits per heavy atom. The number of amides is 2. The van der Waals surface area contributed by atoms with Crippen molar-refractivity contribution in [3.05, 3.63) is 23.8 Å². The topological polar surface area (TPSA) is 67.9 Å². The third-order valence-electron chi connectivity index (χ3n) is 4.36. The first-order chi connectivity index (χ1) is 11.9. The summed E-state index contributed by atoms with van der Waals surface area (Å²) in [5, 5.41) is 2.38. The maximum absolute atomic E-state index is 12.5. The summed E-state index contributed by atoms with van der Waals surface area (Å²) >= 11 is 5.77. The molecule has 2 amide bonds. The monoisotopic (exact) mass is 368 g/mol. The van der Waals surface area contributed by atoms with E-state index in [2.05, 4.69) is 5.32 Å². The van der Waals surface area contributed by atoms with Gasteiger partial charge < -0.3 is 19.7 Å². The molecule has 0 aromatic heterocycles. The molecule has 2 rings (SSSR count). The lowest BCUT2D eigenvalue weighted by Crippen LogP contribution is -2.48. The van der Waals surface area contributed by atoms with E-state index < -0.39 is 5.38 Å². The SMILES string of the molecule is COc1ccc(CC(=O)N2CCC(NC(=O)C(C)Cl)CC2)cc1OC. The van der Waals surface area contributed by atoms with E-state index >= 15 is 0 Å². The molecule has 1 heterocycles. The molecule has 1 fully saturated rings. The fourth-order valence-corrected chi connectivity index (χ4v) is 2.93. The van der Waals surface area contributed by atoms with E-state index in [9.17, 15) is 9.59 Å². The number of nitrogens with zero attached hydrogens (tertiary/aromatic N) is 1. The summed E-state index contributed by atoms with van der Waals surface area (Å²) in [6.45, 7) is 2.92. The maximum Gasteiger partial charge on any atom is 0.237 e. The summed E-state index contributed by atoms with van der Waals surface area (Å²) in [4.78, 5) is 26.0. The zero-order chi connectivity index (χ0) is 18.4. The number of nitrogens with one attached hydrogen (secondary N) is 1. The minimum absolute atomic E-state index is 0.0720. The molecule has 25 heavy (non-hydrogen) atoms. The zero-order valence-corrected chi connectivity index (χ0v) is 15.6. The molecule has 1 atom stereocenters. The number of hydrogen-bond donors (Lipinski definition) is 1. The highest BCUT2D eigenvalue weighted by Gasteiger charge is 2.25. The van der Waals surface area contributed by atoms with E-state index in [-0.39, 0.29) is 17.9 Å². The number of likely N-dealkylation sites (tertiary alicyclic amines) is 1. The molecule has 0 saturated carbocycles. The van der Waals surface area contributed by atoms with E-state index in [1.807, 2.05) is 17.0 Å². The Labute approximate surface area is 153 Å². The predicted octanol–water partition coefficient (Wildman–Crippen LogP) is 1.98. The van der Waals surface area contributed by atoms with Crippen LogP contribution in [0.4, 0.5) is 0 Å². The first kappa shape index (κ1) is 19.4.